The average molecular weight is 475 g/mol. The summed E-state index contributed by atoms with van der Waals surface area (Å²) in [6.45, 7) is 0. The van der Waals surface area contributed by atoms with Crippen molar-refractivity contribution in [3.63, 3.8) is 0 Å². The van der Waals surface area contributed by atoms with Crippen LogP contribution in [0.5, 0.6) is 28.7 Å². The largest absolute Gasteiger partial charge is 0.497 e. The van der Waals surface area contributed by atoms with E-state index in [0.29, 0.717) is 23.0 Å². The second-order valence-corrected chi connectivity index (χ2v) is 7.75. The van der Waals surface area contributed by atoms with Crippen LogP contribution in [0, 0.1) is 0 Å². The highest BCUT2D eigenvalue weighted by molar-refractivity contribution is 5.65. The third-order valence-corrected chi connectivity index (χ3v) is 5.84. The summed E-state index contributed by atoms with van der Waals surface area (Å²) in [6, 6.07) is 19.4. The molecule has 0 bridgehead atoms. The summed E-state index contributed by atoms with van der Waals surface area (Å²) in [5.41, 5.74) is 7.29. The Kier molecular flexibility index (Phi) is 7.35. The highest BCUT2D eigenvalue weighted by Crippen LogP contribution is 2.41. The van der Waals surface area contributed by atoms with Crippen LogP contribution in [-0.2, 0) is 0 Å². The molecule has 3 aromatic carbocycles. The molecule has 35 heavy (non-hydrogen) atoms. The minimum atomic E-state index is -0.153. The Hall–Kier alpha value is -4.26. The molecule has 1 aliphatic heterocycles. The van der Waals surface area contributed by atoms with Gasteiger partial charge in [-0.25, -0.2) is 0 Å². The van der Waals surface area contributed by atoms with E-state index in [-0.39, 0.29) is 6.04 Å². The molecular weight excluding hydrogens is 444 g/mol. The highest BCUT2D eigenvalue weighted by atomic mass is 16.5. The van der Waals surface area contributed by atoms with E-state index in [1.165, 1.54) is 0 Å². The Morgan fingerprint density at radius 1 is 0.686 bits per heavy atom. The monoisotopic (exact) mass is 474 g/mol. The minimum absolute atomic E-state index is 0.153. The SMILES string of the molecule is COc1ccc(N2NC(C=Cc3cccc(OC)c3OC)=CC2c2cccc(OC)c2OC)cc1. The second-order valence-electron chi connectivity index (χ2n) is 7.75. The zero-order valence-electron chi connectivity index (χ0n) is 20.6. The van der Waals surface area contributed by atoms with Gasteiger partial charge in [-0.1, -0.05) is 24.3 Å². The first-order chi connectivity index (χ1) is 17.1. The van der Waals surface area contributed by atoms with Crippen LogP contribution < -0.4 is 34.1 Å². The van der Waals surface area contributed by atoms with Crippen LogP contribution >= 0.6 is 0 Å². The van der Waals surface area contributed by atoms with Gasteiger partial charge < -0.3 is 23.7 Å². The lowest BCUT2D eigenvalue weighted by molar-refractivity contribution is 0.350. The van der Waals surface area contributed by atoms with Crippen LogP contribution in [0.25, 0.3) is 6.08 Å². The molecule has 0 fully saturated rings. The summed E-state index contributed by atoms with van der Waals surface area (Å²) in [5.74, 6) is 3.53. The number of hydrogen-bond donors (Lipinski definition) is 1. The summed E-state index contributed by atoms with van der Waals surface area (Å²) >= 11 is 0. The van der Waals surface area contributed by atoms with Gasteiger partial charge in [0.1, 0.15) is 5.75 Å². The van der Waals surface area contributed by atoms with Crippen molar-refractivity contribution in [3.05, 3.63) is 89.6 Å². The van der Waals surface area contributed by atoms with Gasteiger partial charge in [0.2, 0.25) is 0 Å². The minimum Gasteiger partial charge on any atom is -0.497 e. The molecule has 0 amide bonds. The Morgan fingerprint density at radius 2 is 1.34 bits per heavy atom. The maximum atomic E-state index is 5.74. The molecule has 0 spiro atoms. The molecule has 0 aromatic heterocycles. The number of nitrogens with one attached hydrogen (secondary N) is 1. The van der Waals surface area contributed by atoms with Crippen molar-refractivity contribution in [2.45, 2.75) is 6.04 Å². The van der Waals surface area contributed by atoms with Crippen LogP contribution in [0.15, 0.2) is 78.5 Å². The number of allylic oxidation sites excluding steroid dienone is 1. The number of hydrogen-bond acceptors (Lipinski definition) is 7. The van der Waals surface area contributed by atoms with Crippen LogP contribution in [0.4, 0.5) is 5.69 Å². The van der Waals surface area contributed by atoms with E-state index in [4.69, 9.17) is 23.7 Å². The van der Waals surface area contributed by atoms with Gasteiger partial charge in [-0.15, -0.1) is 0 Å². The fourth-order valence-electron chi connectivity index (χ4n) is 4.15. The molecule has 1 unspecified atom stereocenters. The number of rotatable bonds is 9. The summed E-state index contributed by atoms with van der Waals surface area (Å²) < 4.78 is 27.6. The predicted octanol–water partition coefficient (Wildman–Crippen LogP) is 5.39. The molecule has 1 N–H and O–H groups in total. The maximum absolute atomic E-state index is 5.74. The smallest absolute Gasteiger partial charge is 0.167 e. The number of benzene rings is 3. The Bertz CT molecular complexity index is 1220. The van der Waals surface area contributed by atoms with E-state index in [0.717, 1.165) is 28.3 Å². The lowest BCUT2D eigenvalue weighted by Crippen LogP contribution is -2.34. The van der Waals surface area contributed by atoms with Crippen LogP contribution in [0.1, 0.15) is 17.2 Å². The van der Waals surface area contributed by atoms with Crippen LogP contribution in [0.3, 0.4) is 0 Å². The molecule has 7 heteroatoms. The van der Waals surface area contributed by atoms with Gasteiger partial charge in [0.05, 0.1) is 53.0 Å². The van der Waals surface area contributed by atoms with Crippen molar-refractivity contribution in [1.29, 1.82) is 0 Å². The van der Waals surface area contributed by atoms with Crippen molar-refractivity contribution in [3.8, 4) is 28.7 Å². The topological polar surface area (TPSA) is 61.4 Å². The molecule has 0 aliphatic carbocycles. The molecule has 4 rings (SSSR count). The molecule has 1 aliphatic rings. The molecule has 182 valence electrons. The Labute approximate surface area is 206 Å². The van der Waals surface area contributed by atoms with Crippen LogP contribution in [0.2, 0.25) is 0 Å². The fourth-order valence-corrected chi connectivity index (χ4v) is 4.15. The predicted molar refractivity (Wildman–Crippen MR) is 138 cm³/mol. The van der Waals surface area contributed by atoms with E-state index in [2.05, 4.69) is 16.5 Å². The van der Waals surface area contributed by atoms with Gasteiger partial charge in [-0.3, -0.25) is 10.4 Å². The first-order valence-corrected chi connectivity index (χ1v) is 11.1. The first kappa shape index (κ1) is 23.9. The van der Waals surface area contributed by atoms with Crippen molar-refractivity contribution < 1.29 is 23.7 Å². The standard InChI is InChI=1S/C28H30N2O5/c1-31-22-16-14-21(15-17-22)30-24(23-9-7-11-26(33-3)28(23)35-5)18-20(29-30)13-12-19-8-6-10-25(32-2)27(19)34-4/h6-18,24,29H,1-5H3. The second kappa shape index (κ2) is 10.8. The fraction of sp³-hybridized carbons (Fsp3) is 0.214. The number of hydrazine groups is 1. The van der Waals surface area contributed by atoms with Gasteiger partial charge >= 0.3 is 0 Å². The molecule has 7 nitrogen and oxygen atoms in total. The number of ether oxygens (including phenoxy) is 5. The third kappa shape index (κ3) is 4.84. The summed E-state index contributed by atoms with van der Waals surface area (Å²) in [6.07, 6.45) is 6.16. The first-order valence-electron chi connectivity index (χ1n) is 11.1. The van der Waals surface area contributed by atoms with E-state index in [1.54, 1.807) is 35.5 Å². The summed E-state index contributed by atoms with van der Waals surface area (Å²) in [7, 11) is 8.22. The Balaban J connectivity index is 1.74. The van der Waals surface area contributed by atoms with Crippen molar-refractivity contribution in [2.24, 2.45) is 0 Å². The zero-order valence-corrected chi connectivity index (χ0v) is 20.6. The van der Waals surface area contributed by atoms with E-state index in [9.17, 15) is 0 Å². The normalized spacial score (nSPS) is 14.9. The van der Waals surface area contributed by atoms with E-state index in [1.807, 2.05) is 72.8 Å². The number of nitrogens with zero attached hydrogens (tertiary/aromatic N) is 1. The third-order valence-electron chi connectivity index (χ3n) is 5.84. The van der Waals surface area contributed by atoms with Gasteiger partial charge in [0.15, 0.2) is 23.0 Å². The highest BCUT2D eigenvalue weighted by Gasteiger charge is 2.29. The number of anilines is 1. The van der Waals surface area contributed by atoms with Crippen molar-refractivity contribution in [2.75, 3.05) is 40.6 Å². The molecule has 0 saturated carbocycles. The number of methoxy groups -OCH3 is 5. The number of para-hydroxylation sites is 2. The quantitative estimate of drug-likeness (QED) is 0.446. The lowest BCUT2D eigenvalue weighted by Gasteiger charge is -2.28. The lowest BCUT2D eigenvalue weighted by atomic mass is 10.0. The molecule has 1 atom stereocenters. The van der Waals surface area contributed by atoms with E-state index >= 15 is 0 Å². The molecule has 0 radical (unpaired) electrons. The molecular formula is C28H30N2O5. The van der Waals surface area contributed by atoms with Crippen molar-refractivity contribution >= 4 is 11.8 Å². The summed E-state index contributed by atoms with van der Waals surface area (Å²) in [5, 5.41) is 2.08. The summed E-state index contributed by atoms with van der Waals surface area (Å²) in [4.78, 5) is 0. The zero-order chi connectivity index (χ0) is 24.8. The average Bonchev–Trinajstić information content (AvgIpc) is 3.35. The van der Waals surface area contributed by atoms with E-state index < -0.39 is 0 Å². The van der Waals surface area contributed by atoms with Gasteiger partial charge in [-0.2, -0.15) is 0 Å². The Morgan fingerprint density at radius 3 is 1.97 bits per heavy atom. The van der Waals surface area contributed by atoms with Gasteiger partial charge in [0.25, 0.3) is 0 Å². The van der Waals surface area contributed by atoms with Gasteiger partial charge in [-0.05, 0) is 54.6 Å². The van der Waals surface area contributed by atoms with Gasteiger partial charge in [0, 0.05) is 11.1 Å². The molecule has 0 saturated heterocycles. The van der Waals surface area contributed by atoms with Crippen LogP contribution in [-0.4, -0.2) is 35.5 Å². The molecule has 3 aromatic rings. The van der Waals surface area contributed by atoms with Crippen molar-refractivity contribution in [1.82, 2.24) is 5.43 Å². The molecule has 1 heterocycles. The maximum Gasteiger partial charge on any atom is 0.167 e.